The second-order valence-electron chi connectivity index (χ2n) is 3.05. The quantitative estimate of drug-likeness (QED) is 0.433. The van der Waals surface area contributed by atoms with Gasteiger partial charge in [0.05, 0.1) is 8.80 Å². The number of hydrogen-bond donors (Lipinski definition) is 0. The third-order valence-electron chi connectivity index (χ3n) is 2.28. The van der Waals surface area contributed by atoms with E-state index in [9.17, 15) is 0 Å². The highest BCUT2D eigenvalue weighted by Crippen LogP contribution is 2.10. The van der Waals surface area contributed by atoms with Gasteiger partial charge in [-0.15, -0.1) is 0 Å². The molecule has 2 rings (SSSR count). The first-order valence-electron chi connectivity index (χ1n) is 4.17. The SMILES string of the molecule is C1=CC[SiH](c2ccccc2)C1. The monoisotopic (exact) mass is 160 g/mol. The van der Waals surface area contributed by atoms with Crippen LogP contribution in [0.15, 0.2) is 42.5 Å². The predicted octanol–water partition coefficient (Wildman–Crippen LogP) is 1.69. The zero-order valence-electron chi connectivity index (χ0n) is 6.53. The van der Waals surface area contributed by atoms with E-state index in [-0.39, 0.29) is 0 Å². The van der Waals surface area contributed by atoms with Crippen LogP contribution in [0.4, 0.5) is 0 Å². The summed E-state index contributed by atoms with van der Waals surface area (Å²) in [6.07, 6.45) is 4.67. The van der Waals surface area contributed by atoms with E-state index in [4.69, 9.17) is 0 Å². The van der Waals surface area contributed by atoms with E-state index in [0.717, 1.165) is 0 Å². The summed E-state index contributed by atoms with van der Waals surface area (Å²) in [7, 11) is -0.550. The molecule has 0 unspecified atom stereocenters. The molecular formula is C10H12Si. The van der Waals surface area contributed by atoms with Crippen molar-refractivity contribution in [3.8, 4) is 0 Å². The fourth-order valence-electron chi connectivity index (χ4n) is 1.61. The summed E-state index contributed by atoms with van der Waals surface area (Å²) in [5, 5.41) is 1.62. The van der Waals surface area contributed by atoms with Crippen molar-refractivity contribution in [2.75, 3.05) is 0 Å². The highest BCUT2D eigenvalue weighted by Gasteiger charge is 2.13. The standard InChI is InChI=1S/C10H12Si/c1-2-6-10(7-3-1)11-8-4-5-9-11/h1-7,11H,8-9H2. The lowest BCUT2D eigenvalue weighted by molar-refractivity contribution is 1.66. The molecule has 0 nitrogen and oxygen atoms in total. The van der Waals surface area contributed by atoms with Crippen LogP contribution in [-0.4, -0.2) is 8.80 Å². The third kappa shape index (κ3) is 1.43. The summed E-state index contributed by atoms with van der Waals surface area (Å²) in [5.74, 6) is 0. The van der Waals surface area contributed by atoms with Crippen LogP contribution in [0.3, 0.4) is 0 Å². The van der Waals surface area contributed by atoms with Crippen LogP contribution in [0.1, 0.15) is 0 Å². The maximum absolute atomic E-state index is 2.34. The topological polar surface area (TPSA) is 0 Å². The van der Waals surface area contributed by atoms with Crippen LogP contribution in [0.2, 0.25) is 12.1 Å². The molecule has 0 saturated carbocycles. The highest BCUT2D eigenvalue weighted by atomic mass is 28.3. The van der Waals surface area contributed by atoms with Gasteiger partial charge in [0.2, 0.25) is 0 Å². The fourth-order valence-corrected chi connectivity index (χ4v) is 4.16. The predicted molar refractivity (Wildman–Crippen MR) is 52.0 cm³/mol. The summed E-state index contributed by atoms with van der Waals surface area (Å²) >= 11 is 0. The number of rotatable bonds is 1. The van der Waals surface area contributed by atoms with Crippen molar-refractivity contribution in [2.24, 2.45) is 0 Å². The van der Waals surface area contributed by atoms with Crippen LogP contribution in [0.25, 0.3) is 0 Å². The van der Waals surface area contributed by atoms with E-state index in [2.05, 4.69) is 42.5 Å². The average molecular weight is 160 g/mol. The van der Waals surface area contributed by atoms with Gasteiger partial charge in [-0.2, -0.15) is 0 Å². The normalized spacial score (nSPS) is 17.5. The Morgan fingerprint density at radius 1 is 0.909 bits per heavy atom. The second-order valence-corrected chi connectivity index (χ2v) is 6.05. The summed E-state index contributed by atoms with van der Waals surface area (Å²) in [6.45, 7) is 0. The van der Waals surface area contributed by atoms with Gasteiger partial charge >= 0.3 is 0 Å². The first-order chi connectivity index (χ1) is 5.47. The van der Waals surface area contributed by atoms with Crippen LogP contribution in [0, 0.1) is 0 Å². The number of hydrogen-bond acceptors (Lipinski definition) is 0. The van der Waals surface area contributed by atoms with Gasteiger partial charge in [-0.25, -0.2) is 0 Å². The molecule has 0 atom stereocenters. The minimum absolute atomic E-state index is 0.550. The molecule has 56 valence electrons. The molecule has 0 amide bonds. The Bertz CT molecular complexity index is 243. The molecule has 0 fully saturated rings. The Labute approximate surface area is 69.2 Å². The van der Waals surface area contributed by atoms with Gasteiger partial charge in [-0.3, -0.25) is 0 Å². The van der Waals surface area contributed by atoms with Crippen LogP contribution in [0.5, 0.6) is 0 Å². The molecule has 1 heteroatoms. The van der Waals surface area contributed by atoms with Crippen LogP contribution < -0.4 is 5.19 Å². The molecule has 0 N–H and O–H groups in total. The molecule has 0 aromatic heterocycles. The zero-order chi connectivity index (χ0) is 7.52. The summed E-state index contributed by atoms with van der Waals surface area (Å²) in [4.78, 5) is 0. The Balaban J connectivity index is 2.17. The van der Waals surface area contributed by atoms with Crippen molar-refractivity contribution >= 4 is 14.0 Å². The molecule has 1 heterocycles. The lowest BCUT2D eigenvalue weighted by Crippen LogP contribution is -2.25. The van der Waals surface area contributed by atoms with E-state index in [1.807, 2.05) is 0 Å². The molecule has 1 aliphatic rings. The molecule has 0 radical (unpaired) electrons. The zero-order valence-corrected chi connectivity index (χ0v) is 7.69. The van der Waals surface area contributed by atoms with Gasteiger partial charge in [-0.05, 0) is 12.1 Å². The smallest absolute Gasteiger partial charge is 0.0782 e. The largest absolute Gasteiger partial charge is 0.0914 e. The summed E-state index contributed by atoms with van der Waals surface area (Å²) < 4.78 is 0. The van der Waals surface area contributed by atoms with Crippen molar-refractivity contribution < 1.29 is 0 Å². The van der Waals surface area contributed by atoms with Gasteiger partial charge in [0.1, 0.15) is 0 Å². The van der Waals surface area contributed by atoms with E-state index < -0.39 is 8.80 Å². The van der Waals surface area contributed by atoms with Crippen molar-refractivity contribution in [3.63, 3.8) is 0 Å². The van der Waals surface area contributed by atoms with Crippen LogP contribution in [-0.2, 0) is 0 Å². The first-order valence-corrected chi connectivity index (χ1v) is 6.38. The minimum Gasteiger partial charge on any atom is -0.0914 e. The second kappa shape index (κ2) is 3.05. The lowest BCUT2D eigenvalue weighted by Gasteiger charge is -2.05. The van der Waals surface area contributed by atoms with E-state index in [1.165, 1.54) is 12.1 Å². The molecular weight excluding hydrogens is 148 g/mol. The first kappa shape index (κ1) is 6.86. The summed E-state index contributed by atoms with van der Waals surface area (Å²) in [6, 6.07) is 13.7. The van der Waals surface area contributed by atoms with Gasteiger partial charge < -0.3 is 0 Å². The third-order valence-corrected chi connectivity index (χ3v) is 5.29. The van der Waals surface area contributed by atoms with E-state index in [0.29, 0.717) is 0 Å². The molecule has 1 aromatic carbocycles. The molecule has 11 heavy (non-hydrogen) atoms. The van der Waals surface area contributed by atoms with E-state index >= 15 is 0 Å². The average Bonchev–Trinajstić information content (AvgIpc) is 2.58. The van der Waals surface area contributed by atoms with Gasteiger partial charge in [0.25, 0.3) is 0 Å². The molecule has 0 saturated heterocycles. The maximum Gasteiger partial charge on any atom is 0.0782 e. The Morgan fingerprint density at radius 3 is 2.18 bits per heavy atom. The van der Waals surface area contributed by atoms with Crippen LogP contribution >= 0.6 is 0 Å². The number of benzene rings is 1. The minimum atomic E-state index is -0.550. The Hall–Kier alpha value is -0.823. The van der Waals surface area contributed by atoms with Crippen molar-refractivity contribution in [3.05, 3.63) is 42.5 Å². The molecule has 1 aromatic rings. The van der Waals surface area contributed by atoms with Crippen molar-refractivity contribution in [2.45, 2.75) is 12.1 Å². The number of allylic oxidation sites excluding steroid dienone is 2. The molecule has 0 spiro atoms. The summed E-state index contributed by atoms with van der Waals surface area (Å²) in [5.41, 5.74) is 0. The van der Waals surface area contributed by atoms with E-state index in [1.54, 1.807) is 5.19 Å². The Kier molecular flexibility index (Phi) is 1.90. The van der Waals surface area contributed by atoms with Crippen molar-refractivity contribution in [1.82, 2.24) is 0 Å². The molecule has 0 aliphatic carbocycles. The van der Waals surface area contributed by atoms with Gasteiger partial charge in [0, 0.05) is 0 Å². The van der Waals surface area contributed by atoms with Gasteiger partial charge in [-0.1, -0.05) is 47.7 Å². The van der Waals surface area contributed by atoms with Crippen molar-refractivity contribution in [1.29, 1.82) is 0 Å². The fraction of sp³-hybridized carbons (Fsp3) is 0.200. The highest BCUT2D eigenvalue weighted by molar-refractivity contribution is 6.74. The van der Waals surface area contributed by atoms with Gasteiger partial charge in [0.15, 0.2) is 0 Å². The maximum atomic E-state index is 2.34. The lowest BCUT2D eigenvalue weighted by atomic mass is 10.4. The molecule has 1 aliphatic heterocycles. The molecule has 0 bridgehead atoms. The Morgan fingerprint density at radius 2 is 1.55 bits per heavy atom.